The van der Waals surface area contributed by atoms with Gasteiger partial charge in [-0.25, -0.2) is 4.68 Å². The van der Waals surface area contributed by atoms with Gasteiger partial charge in [0.15, 0.2) is 0 Å². The predicted octanol–water partition coefficient (Wildman–Crippen LogP) is 2.84. The van der Waals surface area contributed by atoms with Crippen LogP contribution < -0.4 is 5.32 Å². The molecule has 130 valence electrons. The van der Waals surface area contributed by atoms with Gasteiger partial charge in [-0.15, -0.1) is 12.4 Å². The Kier molecular flexibility index (Phi) is 5.81. The SMILES string of the molecule is Cl.c1cncc(C2CNCCN2Cc2ccc(-n3cccn3)cc2)c1. The zero-order chi connectivity index (χ0) is 16.2. The summed E-state index contributed by atoms with van der Waals surface area (Å²) < 4.78 is 1.88. The van der Waals surface area contributed by atoms with Crippen LogP contribution in [-0.4, -0.2) is 39.3 Å². The Hall–Kier alpha value is -2.21. The molecule has 0 spiro atoms. The van der Waals surface area contributed by atoms with Crippen molar-refractivity contribution in [1.29, 1.82) is 0 Å². The summed E-state index contributed by atoms with van der Waals surface area (Å²) in [5.41, 5.74) is 3.69. The fraction of sp³-hybridized carbons (Fsp3) is 0.263. The number of rotatable bonds is 4. The van der Waals surface area contributed by atoms with Crippen molar-refractivity contribution in [1.82, 2.24) is 25.0 Å². The number of piperazine rings is 1. The van der Waals surface area contributed by atoms with Crippen LogP contribution in [0.15, 0.2) is 67.3 Å². The van der Waals surface area contributed by atoms with Gasteiger partial charge in [0.25, 0.3) is 0 Å². The van der Waals surface area contributed by atoms with Crippen LogP contribution in [0.3, 0.4) is 0 Å². The average Bonchev–Trinajstić information content (AvgIpc) is 3.18. The Bertz CT molecular complexity index is 758. The number of hydrogen-bond donors (Lipinski definition) is 1. The number of hydrogen-bond acceptors (Lipinski definition) is 4. The van der Waals surface area contributed by atoms with E-state index in [1.807, 2.05) is 35.4 Å². The maximum Gasteiger partial charge on any atom is 0.0645 e. The van der Waals surface area contributed by atoms with E-state index in [4.69, 9.17) is 0 Å². The molecule has 0 bridgehead atoms. The molecule has 1 unspecified atom stereocenters. The molecule has 1 atom stereocenters. The molecular weight excluding hydrogens is 334 g/mol. The second-order valence-electron chi connectivity index (χ2n) is 6.09. The second-order valence-corrected chi connectivity index (χ2v) is 6.09. The average molecular weight is 356 g/mol. The third kappa shape index (κ3) is 4.07. The van der Waals surface area contributed by atoms with Gasteiger partial charge >= 0.3 is 0 Å². The van der Waals surface area contributed by atoms with Crippen LogP contribution >= 0.6 is 12.4 Å². The van der Waals surface area contributed by atoms with Crippen molar-refractivity contribution >= 4 is 12.4 Å². The van der Waals surface area contributed by atoms with Crippen molar-refractivity contribution in [2.24, 2.45) is 0 Å². The molecule has 6 heteroatoms. The molecule has 0 saturated carbocycles. The van der Waals surface area contributed by atoms with Gasteiger partial charge in [-0.3, -0.25) is 9.88 Å². The highest BCUT2D eigenvalue weighted by molar-refractivity contribution is 5.85. The van der Waals surface area contributed by atoms with E-state index in [0.29, 0.717) is 6.04 Å². The molecule has 5 nitrogen and oxygen atoms in total. The normalized spacial score (nSPS) is 17.8. The highest BCUT2D eigenvalue weighted by atomic mass is 35.5. The molecule has 1 fully saturated rings. The van der Waals surface area contributed by atoms with Gasteiger partial charge in [0.2, 0.25) is 0 Å². The fourth-order valence-corrected chi connectivity index (χ4v) is 3.25. The lowest BCUT2D eigenvalue weighted by molar-refractivity contribution is 0.153. The summed E-state index contributed by atoms with van der Waals surface area (Å²) in [6.07, 6.45) is 7.57. The van der Waals surface area contributed by atoms with E-state index < -0.39 is 0 Å². The third-order valence-electron chi connectivity index (χ3n) is 4.51. The van der Waals surface area contributed by atoms with Crippen LogP contribution in [0, 0.1) is 0 Å². The van der Waals surface area contributed by atoms with Gasteiger partial charge < -0.3 is 5.32 Å². The topological polar surface area (TPSA) is 46.0 Å². The van der Waals surface area contributed by atoms with Gasteiger partial charge in [0.1, 0.15) is 0 Å². The molecule has 1 aromatic carbocycles. The standard InChI is InChI=1S/C19H21N5.ClH/c1-3-17(13-20-8-1)19-14-21-10-12-23(19)15-16-4-6-18(7-5-16)24-11-2-9-22-24;/h1-9,11,13,19,21H,10,12,14-15H2;1H. The molecule has 4 rings (SSSR count). The Balaban J connectivity index is 0.00000182. The lowest BCUT2D eigenvalue weighted by Crippen LogP contribution is -2.45. The van der Waals surface area contributed by atoms with Crippen molar-refractivity contribution in [2.75, 3.05) is 19.6 Å². The van der Waals surface area contributed by atoms with E-state index in [2.05, 4.69) is 50.6 Å². The fourth-order valence-electron chi connectivity index (χ4n) is 3.25. The zero-order valence-electron chi connectivity index (χ0n) is 14.0. The number of halogens is 1. The summed E-state index contributed by atoms with van der Waals surface area (Å²) in [6.45, 7) is 3.99. The molecule has 1 aliphatic heterocycles. The van der Waals surface area contributed by atoms with E-state index in [1.54, 1.807) is 6.20 Å². The Morgan fingerprint density at radius 2 is 1.96 bits per heavy atom. The van der Waals surface area contributed by atoms with Crippen molar-refractivity contribution in [3.05, 3.63) is 78.4 Å². The second kappa shape index (κ2) is 8.25. The first kappa shape index (κ1) is 17.6. The quantitative estimate of drug-likeness (QED) is 0.781. The Morgan fingerprint density at radius 3 is 2.68 bits per heavy atom. The van der Waals surface area contributed by atoms with E-state index in [9.17, 15) is 0 Å². The van der Waals surface area contributed by atoms with Crippen molar-refractivity contribution < 1.29 is 0 Å². The third-order valence-corrected chi connectivity index (χ3v) is 4.51. The minimum Gasteiger partial charge on any atom is -0.314 e. The van der Waals surface area contributed by atoms with E-state index in [0.717, 1.165) is 31.9 Å². The molecule has 1 aliphatic rings. The maximum atomic E-state index is 4.28. The van der Waals surface area contributed by atoms with Crippen LogP contribution in [0.25, 0.3) is 5.69 Å². The van der Waals surface area contributed by atoms with Crippen molar-refractivity contribution in [3.63, 3.8) is 0 Å². The van der Waals surface area contributed by atoms with Gasteiger partial charge in [-0.2, -0.15) is 5.10 Å². The van der Waals surface area contributed by atoms with E-state index in [1.165, 1.54) is 11.1 Å². The zero-order valence-corrected chi connectivity index (χ0v) is 14.8. The van der Waals surface area contributed by atoms with Crippen molar-refractivity contribution in [2.45, 2.75) is 12.6 Å². The van der Waals surface area contributed by atoms with Gasteiger partial charge in [0.05, 0.1) is 5.69 Å². The Labute approximate surface area is 154 Å². The number of benzene rings is 1. The number of nitrogens with zero attached hydrogens (tertiary/aromatic N) is 4. The van der Waals surface area contributed by atoms with E-state index in [-0.39, 0.29) is 12.4 Å². The molecule has 1 saturated heterocycles. The molecule has 25 heavy (non-hydrogen) atoms. The summed E-state index contributed by atoms with van der Waals surface area (Å²) in [7, 11) is 0. The maximum absolute atomic E-state index is 4.28. The molecule has 3 aromatic rings. The van der Waals surface area contributed by atoms with Crippen LogP contribution in [0.5, 0.6) is 0 Å². The summed E-state index contributed by atoms with van der Waals surface area (Å²) in [5, 5.41) is 7.77. The summed E-state index contributed by atoms with van der Waals surface area (Å²) in [4.78, 5) is 6.80. The molecular formula is C19H22ClN5. The largest absolute Gasteiger partial charge is 0.314 e. The smallest absolute Gasteiger partial charge is 0.0645 e. The molecule has 3 heterocycles. The predicted molar refractivity (Wildman–Crippen MR) is 101 cm³/mol. The summed E-state index contributed by atoms with van der Waals surface area (Å²) in [6, 6.07) is 15.1. The number of aromatic nitrogens is 3. The Morgan fingerprint density at radius 1 is 1.08 bits per heavy atom. The van der Waals surface area contributed by atoms with Crippen LogP contribution in [-0.2, 0) is 6.54 Å². The van der Waals surface area contributed by atoms with Crippen LogP contribution in [0.4, 0.5) is 0 Å². The lowest BCUT2D eigenvalue weighted by Gasteiger charge is -2.36. The number of pyridine rings is 1. The van der Waals surface area contributed by atoms with Gasteiger partial charge in [0, 0.05) is 57.0 Å². The molecule has 0 amide bonds. The minimum absolute atomic E-state index is 0. The first-order chi connectivity index (χ1) is 11.9. The van der Waals surface area contributed by atoms with E-state index >= 15 is 0 Å². The molecule has 1 N–H and O–H groups in total. The number of nitrogens with one attached hydrogen (secondary N) is 1. The highest BCUT2D eigenvalue weighted by Crippen LogP contribution is 2.23. The highest BCUT2D eigenvalue weighted by Gasteiger charge is 2.23. The molecule has 0 radical (unpaired) electrons. The summed E-state index contributed by atoms with van der Waals surface area (Å²) >= 11 is 0. The van der Waals surface area contributed by atoms with Gasteiger partial charge in [-0.05, 0) is 35.4 Å². The van der Waals surface area contributed by atoms with Crippen LogP contribution in [0.2, 0.25) is 0 Å². The first-order valence-corrected chi connectivity index (χ1v) is 8.34. The first-order valence-electron chi connectivity index (χ1n) is 8.34. The minimum atomic E-state index is 0. The molecule has 0 aliphatic carbocycles. The van der Waals surface area contributed by atoms with Crippen molar-refractivity contribution in [3.8, 4) is 5.69 Å². The van der Waals surface area contributed by atoms with Gasteiger partial charge in [-0.1, -0.05) is 18.2 Å². The molecule has 2 aromatic heterocycles. The monoisotopic (exact) mass is 355 g/mol. The van der Waals surface area contributed by atoms with Crippen LogP contribution in [0.1, 0.15) is 17.2 Å². The lowest BCUT2D eigenvalue weighted by atomic mass is 10.0. The summed E-state index contributed by atoms with van der Waals surface area (Å²) in [5.74, 6) is 0.